The largest absolute Gasteiger partial charge is 0.357 e. The zero-order chi connectivity index (χ0) is 17.6. The summed E-state index contributed by atoms with van der Waals surface area (Å²) in [6.45, 7) is 8.64. The summed E-state index contributed by atoms with van der Waals surface area (Å²) in [5, 5.41) is 8.74. The Morgan fingerprint density at radius 3 is 2.72 bits per heavy atom. The van der Waals surface area contributed by atoms with Crippen LogP contribution in [0.4, 0.5) is 0 Å². The van der Waals surface area contributed by atoms with E-state index in [1.807, 2.05) is 22.2 Å². The van der Waals surface area contributed by atoms with E-state index in [2.05, 4.69) is 59.6 Å². The molecule has 0 aliphatic rings. The number of hydrogen-bond donors (Lipinski definition) is 2. The van der Waals surface area contributed by atoms with Gasteiger partial charge in [0.1, 0.15) is 0 Å². The van der Waals surface area contributed by atoms with Crippen molar-refractivity contribution >= 4 is 22.3 Å². The van der Waals surface area contributed by atoms with E-state index >= 15 is 0 Å². The van der Waals surface area contributed by atoms with E-state index in [-0.39, 0.29) is 0 Å². The molecule has 0 unspecified atom stereocenters. The number of hydrogen-bond acceptors (Lipinski definition) is 3. The Morgan fingerprint density at radius 2 is 2.00 bits per heavy atom. The van der Waals surface area contributed by atoms with Gasteiger partial charge in [0, 0.05) is 30.9 Å². The third kappa shape index (κ3) is 4.82. The van der Waals surface area contributed by atoms with E-state index in [4.69, 9.17) is 0 Å². The fourth-order valence-electron chi connectivity index (χ4n) is 2.89. The topological polar surface area (TPSA) is 53.7 Å². The number of rotatable bonds is 6. The van der Waals surface area contributed by atoms with E-state index in [9.17, 15) is 0 Å². The molecule has 0 aliphatic carbocycles. The first-order chi connectivity index (χ1) is 12.1. The summed E-state index contributed by atoms with van der Waals surface area (Å²) >= 11 is 1.64. The number of imidazole rings is 1. The van der Waals surface area contributed by atoms with Gasteiger partial charge < -0.3 is 10.6 Å². The summed E-state index contributed by atoms with van der Waals surface area (Å²) in [5.41, 5.74) is 4.97. The van der Waals surface area contributed by atoms with Crippen molar-refractivity contribution in [1.82, 2.24) is 20.0 Å². The van der Waals surface area contributed by atoms with Gasteiger partial charge in [-0.1, -0.05) is 29.3 Å². The van der Waals surface area contributed by atoms with Crippen LogP contribution in [0.2, 0.25) is 0 Å². The third-order valence-corrected chi connectivity index (χ3v) is 4.64. The van der Waals surface area contributed by atoms with E-state index in [0.717, 1.165) is 36.1 Å². The molecule has 0 saturated heterocycles. The number of nitrogens with zero attached hydrogens (tertiary/aromatic N) is 3. The predicted molar refractivity (Wildman–Crippen MR) is 106 cm³/mol. The lowest BCUT2D eigenvalue weighted by Gasteiger charge is -2.11. The van der Waals surface area contributed by atoms with Gasteiger partial charge in [-0.05, 0) is 32.8 Å². The molecular formula is C19H25N5S. The number of benzene rings is 1. The Morgan fingerprint density at radius 1 is 1.20 bits per heavy atom. The fraction of sp³-hybridized carbons (Fsp3) is 0.368. The molecule has 0 atom stereocenters. The lowest BCUT2D eigenvalue weighted by atomic mass is 10.1. The predicted octanol–water partition coefficient (Wildman–Crippen LogP) is 3.31. The maximum absolute atomic E-state index is 4.65. The second-order valence-electron chi connectivity index (χ2n) is 6.19. The molecule has 0 saturated carbocycles. The van der Waals surface area contributed by atoms with Gasteiger partial charge in [-0.15, -0.1) is 11.3 Å². The van der Waals surface area contributed by atoms with Crippen LogP contribution in [0.3, 0.4) is 0 Å². The molecular weight excluding hydrogens is 330 g/mol. The highest BCUT2D eigenvalue weighted by atomic mass is 32.1. The van der Waals surface area contributed by atoms with Crippen LogP contribution < -0.4 is 10.6 Å². The highest BCUT2D eigenvalue weighted by Gasteiger charge is 2.03. The molecule has 0 aliphatic heterocycles. The molecule has 0 amide bonds. The summed E-state index contributed by atoms with van der Waals surface area (Å²) in [7, 11) is 0. The number of fused-ring (bicyclic) bond motifs is 1. The van der Waals surface area contributed by atoms with E-state index in [1.165, 1.54) is 16.7 Å². The van der Waals surface area contributed by atoms with Crippen LogP contribution in [0.5, 0.6) is 0 Å². The number of nitrogens with one attached hydrogen (secondary N) is 2. The lowest BCUT2D eigenvalue weighted by molar-refractivity contribution is 0.797. The van der Waals surface area contributed by atoms with Gasteiger partial charge in [0.25, 0.3) is 0 Å². The van der Waals surface area contributed by atoms with Crippen LogP contribution in [-0.2, 0) is 13.0 Å². The summed E-state index contributed by atoms with van der Waals surface area (Å²) in [5.74, 6) is 0.836. The second-order valence-corrected chi connectivity index (χ2v) is 7.07. The molecule has 132 valence electrons. The molecule has 25 heavy (non-hydrogen) atoms. The smallest absolute Gasteiger partial charge is 0.193 e. The van der Waals surface area contributed by atoms with Crippen LogP contribution in [0.1, 0.15) is 29.3 Å². The molecule has 0 bridgehead atoms. The fourth-order valence-corrected chi connectivity index (χ4v) is 3.61. The van der Waals surface area contributed by atoms with Gasteiger partial charge in [-0.25, -0.2) is 9.98 Å². The Labute approximate surface area is 152 Å². The molecule has 5 nitrogen and oxygen atoms in total. The molecule has 2 N–H and O–H groups in total. The van der Waals surface area contributed by atoms with E-state index < -0.39 is 0 Å². The number of aliphatic imine (C=N–C) groups is 1. The van der Waals surface area contributed by atoms with Crippen molar-refractivity contribution in [3.63, 3.8) is 0 Å². The van der Waals surface area contributed by atoms with Gasteiger partial charge in [0.15, 0.2) is 10.9 Å². The van der Waals surface area contributed by atoms with Crippen molar-refractivity contribution in [3.05, 3.63) is 58.4 Å². The van der Waals surface area contributed by atoms with E-state index in [0.29, 0.717) is 6.54 Å². The zero-order valence-corrected chi connectivity index (χ0v) is 15.9. The second kappa shape index (κ2) is 8.16. The van der Waals surface area contributed by atoms with Crippen molar-refractivity contribution in [3.8, 4) is 0 Å². The Kier molecular flexibility index (Phi) is 5.71. The number of guanidine groups is 1. The Hall–Kier alpha value is -2.34. The van der Waals surface area contributed by atoms with Gasteiger partial charge in [0.05, 0.1) is 12.2 Å². The molecule has 2 aromatic heterocycles. The normalized spacial score (nSPS) is 11.9. The summed E-state index contributed by atoms with van der Waals surface area (Å²) in [6, 6.07) is 6.70. The molecule has 3 rings (SSSR count). The Balaban J connectivity index is 1.57. The summed E-state index contributed by atoms with van der Waals surface area (Å²) < 4.78 is 2.04. The third-order valence-electron chi connectivity index (χ3n) is 3.87. The molecule has 1 aromatic carbocycles. The molecule has 2 heterocycles. The highest BCUT2D eigenvalue weighted by molar-refractivity contribution is 7.15. The monoisotopic (exact) mass is 355 g/mol. The van der Waals surface area contributed by atoms with Gasteiger partial charge >= 0.3 is 0 Å². The van der Waals surface area contributed by atoms with Crippen LogP contribution in [-0.4, -0.2) is 28.4 Å². The SMILES string of the molecule is CCNC(=NCc1cn2ccsc2n1)NCCc1cc(C)cc(C)c1. The maximum Gasteiger partial charge on any atom is 0.193 e. The van der Waals surface area contributed by atoms with Gasteiger partial charge in [-0.2, -0.15) is 0 Å². The van der Waals surface area contributed by atoms with Crippen molar-refractivity contribution in [1.29, 1.82) is 0 Å². The number of thiazole rings is 1. The van der Waals surface area contributed by atoms with Crippen molar-refractivity contribution in [2.24, 2.45) is 4.99 Å². The average Bonchev–Trinajstić information content (AvgIpc) is 3.13. The van der Waals surface area contributed by atoms with Gasteiger partial charge in [-0.3, -0.25) is 4.40 Å². The van der Waals surface area contributed by atoms with Crippen LogP contribution in [0.25, 0.3) is 4.96 Å². The Bertz CT molecular complexity index is 813. The number of aromatic nitrogens is 2. The first-order valence-corrected chi connectivity index (χ1v) is 9.52. The number of aryl methyl sites for hydroxylation is 2. The van der Waals surface area contributed by atoms with Crippen molar-refractivity contribution in [2.45, 2.75) is 33.7 Å². The first kappa shape index (κ1) is 17.5. The van der Waals surface area contributed by atoms with Crippen molar-refractivity contribution < 1.29 is 0 Å². The average molecular weight is 356 g/mol. The first-order valence-electron chi connectivity index (χ1n) is 8.64. The summed E-state index contributed by atoms with van der Waals surface area (Å²) in [6.07, 6.45) is 5.04. The lowest BCUT2D eigenvalue weighted by Crippen LogP contribution is -2.38. The zero-order valence-electron chi connectivity index (χ0n) is 15.0. The van der Waals surface area contributed by atoms with Gasteiger partial charge in [0.2, 0.25) is 0 Å². The molecule has 0 spiro atoms. The molecule has 6 heteroatoms. The van der Waals surface area contributed by atoms with E-state index in [1.54, 1.807) is 11.3 Å². The van der Waals surface area contributed by atoms with Crippen molar-refractivity contribution in [2.75, 3.05) is 13.1 Å². The summed E-state index contributed by atoms with van der Waals surface area (Å²) in [4.78, 5) is 10.2. The van der Waals surface area contributed by atoms with Crippen LogP contribution in [0, 0.1) is 13.8 Å². The minimum absolute atomic E-state index is 0.577. The molecule has 0 fully saturated rings. The minimum Gasteiger partial charge on any atom is -0.357 e. The highest BCUT2D eigenvalue weighted by Crippen LogP contribution is 2.12. The quantitative estimate of drug-likeness (QED) is 0.527. The molecule has 0 radical (unpaired) electrons. The molecule has 3 aromatic rings. The van der Waals surface area contributed by atoms with Crippen LogP contribution in [0.15, 0.2) is 41.0 Å². The minimum atomic E-state index is 0.577. The standard InChI is InChI=1S/C19H25N5S/c1-4-20-18(21-6-5-16-10-14(2)9-15(3)11-16)22-12-17-13-24-7-8-25-19(24)23-17/h7-11,13H,4-6,12H2,1-3H3,(H2,20,21,22). The maximum atomic E-state index is 4.65. The van der Waals surface area contributed by atoms with Crippen LogP contribution >= 0.6 is 11.3 Å².